The Kier molecular flexibility index (Phi) is 4.23. The summed E-state index contributed by atoms with van der Waals surface area (Å²) in [5.74, 6) is 1.57. The van der Waals surface area contributed by atoms with Crippen molar-refractivity contribution in [3.05, 3.63) is 59.6 Å². The number of benzene rings is 2. The van der Waals surface area contributed by atoms with Gasteiger partial charge in [0.25, 0.3) is 5.22 Å². The Labute approximate surface area is 147 Å². The Morgan fingerprint density at radius 3 is 2.92 bits per heavy atom. The van der Waals surface area contributed by atoms with E-state index < -0.39 is 0 Å². The fourth-order valence-electron chi connectivity index (χ4n) is 2.31. The van der Waals surface area contributed by atoms with Crippen molar-refractivity contribution in [3.8, 4) is 16.3 Å². The van der Waals surface area contributed by atoms with Crippen molar-refractivity contribution >= 4 is 34.2 Å². The average molecular weight is 354 g/mol. The summed E-state index contributed by atoms with van der Waals surface area (Å²) in [7, 11) is 1.67. The highest BCUT2D eigenvalue weighted by molar-refractivity contribution is 7.98. The number of ether oxygens (including phenoxy) is 1. The molecule has 0 aliphatic carbocycles. The summed E-state index contributed by atoms with van der Waals surface area (Å²) in [6, 6.07) is 15.7. The van der Waals surface area contributed by atoms with Gasteiger partial charge < -0.3 is 9.15 Å². The monoisotopic (exact) mass is 354 g/mol. The number of aromatic nitrogens is 2. The minimum absolute atomic E-state index is 0.673. The molecule has 0 atom stereocenters. The van der Waals surface area contributed by atoms with Crippen molar-refractivity contribution in [3.63, 3.8) is 0 Å². The molecule has 24 heavy (non-hydrogen) atoms. The number of thiazole rings is 1. The third-order valence-electron chi connectivity index (χ3n) is 3.49. The summed E-state index contributed by atoms with van der Waals surface area (Å²) < 4.78 is 11.0. The van der Waals surface area contributed by atoms with E-state index in [0.717, 1.165) is 38.9 Å². The first kappa shape index (κ1) is 15.2. The quantitative estimate of drug-likeness (QED) is 0.458. The van der Waals surface area contributed by atoms with E-state index in [1.807, 2.05) is 48.5 Å². The van der Waals surface area contributed by atoms with Crippen LogP contribution in [-0.4, -0.2) is 17.1 Å². The van der Waals surface area contributed by atoms with E-state index in [1.54, 1.807) is 30.2 Å². The van der Waals surface area contributed by atoms with Gasteiger partial charge in [-0.05, 0) is 24.3 Å². The molecule has 6 heteroatoms. The average Bonchev–Trinajstić information content (AvgIpc) is 3.26. The molecule has 2 aromatic heterocycles. The topological polar surface area (TPSA) is 48.2 Å². The van der Waals surface area contributed by atoms with Gasteiger partial charge in [0.05, 0.1) is 12.8 Å². The predicted octanol–water partition coefficient (Wildman–Crippen LogP) is 5.25. The van der Waals surface area contributed by atoms with Crippen molar-refractivity contribution in [2.24, 2.45) is 0 Å². The molecule has 0 fully saturated rings. The van der Waals surface area contributed by atoms with Crippen LogP contribution in [0, 0.1) is 0 Å². The molecule has 0 N–H and O–H groups in total. The maximum absolute atomic E-state index is 5.72. The summed E-state index contributed by atoms with van der Waals surface area (Å²) in [6.07, 6.45) is 0. The molecular weight excluding hydrogens is 340 g/mol. The highest BCUT2D eigenvalue weighted by Crippen LogP contribution is 2.30. The van der Waals surface area contributed by atoms with Gasteiger partial charge in [-0.3, -0.25) is 0 Å². The molecule has 0 unspecified atom stereocenters. The van der Waals surface area contributed by atoms with Crippen LogP contribution in [0.2, 0.25) is 0 Å². The third kappa shape index (κ3) is 3.16. The second-order valence-corrected chi connectivity index (χ2v) is 6.90. The zero-order valence-electron chi connectivity index (χ0n) is 12.9. The normalized spacial score (nSPS) is 11.0. The molecule has 2 aromatic carbocycles. The van der Waals surface area contributed by atoms with Crippen molar-refractivity contribution in [1.29, 1.82) is 0 Å². The van der Waals surface area contributed by atoms with E-state index in [4.69, 9.17) is 14.1 Å². The Balaban J connectivity index is 1.48. The van der Waals surface area contributed by atoms with Gasteiger partial charge in [-0.2, -0.15) is 0 Å². The number of thioether (sulfide) groups is 1. The first-order valence-corrected chi connectivity index (χ1v) is 9.25. The van der Waals surface area contributed by atoms with Crippen molar-refractivity contribution in [1.82, 2.24) is 9.97 Å². The van der Waals surface area contributed by atoms with Crippen LogP contribution in [0.1, 0.15) is 5.69 Å². The molecule has 0 aliphatic heterocycles. The lowest BCUT2D eigenvalue weighted by Crippen LogP contribution is -1.84. The lowest BCUT2D eigenvalue weighted by molar-refractivity contribution is 0.415. The molecule has 4 nitrogen and oxygen atoms in total. The number of nitrogens with zero attached hydrogens (tertiary/aromatic N) is 2. The van der Waals surface area contributed by atoms with Gasteiger partial charge in [0.2, 0.25) is 0 Å². The number of fused-ring (bicyclic) bond motifs is 1. The molecule has 0 aliphatic rings. The van der Waals surface area contributed by atoms with Crippen LogP contribution in [0.15, 0.2) is 63.6 Å². The standard InChI is InChI=1S/C18H14N2O2S2/c1-21-14-6-4-5-12(9-14)17-19-13(10-23-17)11-24-18-20-15-7-2-3-8-16(15)22-18/h2-10H,11H2,1H3. The highest BCUT2D eigenvalue weighted by atomic mass is 32.2. The van der Waals surface area contributed by atoms with E-state index in [2.05, 4.69) is 10.4 Å². The molecule has 4 aromatic rings. The number of hydrogen-bond acceptors (Lipinski definition) is 6. The Bertz CT molecular complexity index is 945. The number of rotatable bonds is 5. The Hall–Kier alpha value is -2.31. The first-order valence-electron chi connectivity index (χ1n) is 7.39. The number of hydrogen-bond donors (Lipinski definition) is 0. The van der Waals surface area contributed by atoms with Crippen LogP contribution in [0.4, 0.5) is 0 Å². The number of methoxy groups -OCH3 is 1. The van der Waals surface area contributed by atoms with Crippen LogP contribution in [0.3, 0.4) is 0 Å². The lowest BCUT2D eigenvalue weighted by atomic mass is 10.2. The van der Waals surface area contributed by atoms with Crippen LogP contribution >= 0.6 is 23.1 Å². The summed E-state index contributed by atoms with van der Waals surface area (Å²) in [4.78, 5) is 9.17. The lowest BCUT2D eigenvalue weighted by Gasteiger charge is -2.01. The molecule has 0 bridgehead atoms. The largest absolute Gasteiger partial charge is 0.497 e. The fraction of sp³-hybridized carbons (Fsp3) is 0.111. The van der Waals surface area contributed by atoms with E-state index in [9.17, 15) is 0 Å². The fourth-order valence-corrected chi connectivity index (χ4v) is 3.96. The van der Waals surface area contributed by atoms with Crippen molar-refractivity contribution in [2.75, 3.05) is 7.11 Å². The summed E-state index contributed by atoms with van der Waals surface area (Å²) in [5.41, 5.74) is 3.79. The predicted molar refractivity (Wildman–Crippen MR) is 97.7 cm³/mol. The van der Waals surface area contributed by atoms with E-state index in [1.165, 1.54) is 0 Å². The zero-order chi connectivity index (χ0) is 16.4. The van der Waals surface area contributed by atoms with E-state index in [-0.39, 0.29) is 0 Å². The smallest absolute Gasteiger partial charge is 0.257 e. The number of oxazole rings is 1. The Morgan fingerprint density at radius 2 is 2.04 bits per heavy atom. The van der Waals surface area contributed by atoms with Crippen LogP contribution < -0.4 is 4.74 Å². The maximum atomic E-state index is 5.72. The minimum atomic E-state index is 0.673. The van der Waals surface area contributed by atoms with Gasteiger partial charge in [-0.1, -0.05) is 36.0 Å². The highest BCUT2D eigenvalue weighted by Gasteiger charge is 2.09. The molecule has 2 heterocycles. The summed E-state index contributed by atoms with van der Waals surface area (Å²) in [6.45, 7) is 0. The maximum Gasteiger partial charge on any atom is 0.257 e. The second-order valence-electron chi connectivity index (χ2n) is 5.11. The SMILES string of the molecule is COc1cccc(-c2nc(CSc3nc4ccccc4o3)cs2)c1. The molecule has 0 saturated heterocycles. The van der Waals surface area contributed by atoms with E-state index in [0.29, 0.717) is 5.22 Å². The van der Waals surface area contributed by atoms with Gasteiger partial charge >= 0.3 is 0 Å². The van der Waals surface area contributed by atoms with Crippen LogP contribution in [0.25, 0.3) is 21.7 Å². The van der Waals surface area contributed by atoms with E-state index >= 15 is 0 Å². The first-order chi connectivity index (χ1) is 11.8. The molecule has 120 valence electrons. The van der Waals surface area contributed by atoms with Crippen molar-refractivity contribution < 1.29 is 9.15 Å². The van der Waals surface area contributed by atoms with Gasteiger partial charge in [0, 0.05) is 16.7 Å². The van der Waals surface area contributed by atoms with Crippen molar-refractivity contribution in [2.45, 2.75) is 11.0 Å². The van der Waals surface area contributed by atoms with Gasteiger partial charge in [-0.25, -0.2) is 9.97 Å². The van der Waals surface area contributed by atoms with Gasteiger partial charge in [0.15, 0.2) is 5.58 Å². The second kappa shape index (κ2) is 6.67. The van der Waals surface area contributed by atoms with Gasteiger partial charge in [0.1, 0.15) is 16.3 Å². The van der Waals surface area contributed by atoms with Crippen LogP contribution in [-0.2, 0) is 5.75 Å². The molecule has 0 saturated carbocycles. The molecule has 0 amide bonds. The molecule has 0 radical (unpaired) electrons. The summed E-state index contributed by atoms with van der Waals surface area (Å²) in [5, 5.41) is 3.74. The zero-order valence-corrected chi connectivity index (χ0v) is 14.6. The van der Waals surface area contributed by atoms with Crippen LogP contribution in [0.5, 0.6) is 5.75 Å². The minimum Gasteiger partial charge on any atom is -0.497 e. The van der Waals surface area contributed by atoms with Gasteiger partial charge in [-0.15, -0.1) is 11.3 Å². The molecular formula is C18H14N2O2S2. The Morgan fingerprint density at radius 1 is 1.12 bits per heavy atom. The third-order valence-corrected chi connectivity index (χ3v) is 5.29. The molecule has 4 rings (SSSR count). The summed E-state index contributed by atoms with van der Waals surface area (Å²) >= 11 is 3.19. The number of para-hydroxylation sites is 2. The molecule has 0 spiro atoms.